The first-order valence-electron chi connectivity index (χ1n) is 11.2. The summed E-state index contributed by atoms with van der Waals surface area (Å²) < 4.78 is 79.4. The predicted octanol–water partition coefficient (Wildman–Crippen LogP) is 7.10. The van der Waals surface area contributed by atoms with Gasteiger partial charge in [0.25, 0.3) is 5.91 Å². The summed E-state index contributed by atoms with van der Waals surface area (Å²) in [5, 5.41) is 5.31. The Labute approximate surface area is 225 Å². The van der Waals surface area contributed by atoms with Gasteiger partial charge in [-0.05, 0) is 48.5 Å². The Hall–Kier alpha value is -4.72. The zero-order valence-electron chi connectivity index (χ0n) is 19.7. The van der Waals surface area contributed by atoms with Gasteiger partial charge in [-0.25, -0.2) is 19.9 Å². The molecule has 0 spiro atoms. The average Bonchev–Trinajstić information content (AvgIpc) is 3.39. The van der Waals surface area contributed by atoms with Crippen LogP contribution in [0.2, 0.25) is 5.02 Å². The molecule has 0 radical (unpaired) electrons. The smallest absolute Gasteiger partial charge is 0.341 e. The Morgan fingerprint density at radius 2 is 1.60 bits per heavy atom. The highest BCUT2D eigenvalue weighted by atomic mass is 35.5. The highest BCUT2D eigenvalue weighted by molar-refractivity contribution is 6.34. The van der Waals surface area contributed by atoms with Crippen LogP contribution in [0.4, 0.5) is 43.5 Å². The maximum absolute atomic E-state index is 13.2. The van der Waals surface area contributed by atoms with Crippen LogP contribution >= 0.6 is 11.6 Å². The maximum atomic E-state index is 13.2. The van der Waals surface area contributed by atoms with Crippen molar-refractivity contribution in [2.24, 2.45) is 0 Å². The number of halogens is 7. The Morgan fingerprint density at radius 1 is 0.875 bits per heavy atom. The third-order valence-electron chi connectivity index (χ3n) is 5.61. The molecule has 0 saturated carbocycles. The molecule has 0 fully saturated rings. The molecule has 204 valence electrons. The van der Waals surface area contributed by atoms with Gasteiger partial charge in [0.15, 0.2) is 5.65 Å². The van der Waals surface area contributed by atoms with Crippen LogP contribution in [0, 0.1) is 0 Å². The van der Waals surface area contributed by atoms with Gasteiger partial charge in [-0.2, -0.15) is 26.3 Å². The van der Waals surface area contributed by atoms with Crippen molar-refractivity contribution < 1.29 is 31.1 Å². The summed E-state index contributed by atoms with van der Waals surface area (Å²) in [6.07, 6.45) is -5.90. The van der Waals surface area contributed by atoms with E-state index in [0.717, 1.165) is 0 Å². The number of hydrogen-bond acceptors (Lipinski definition) is 6. The topological polar surface area (TPSA) is 108 Å². The van der Waals surface area contributed by atoms with Crippen molar-refractivity contribution in [2.75, 3.05) is 10.6 Å². The molecule has 1 amide bonds. The third kappa shape index (κ3) is 5.52. The van der Waals surface area contributed by atoms with Gasteiger partial charge in [0.05, 0.1) is 28.2 Å². The Bertz CT molecular complexity index is 1700. The van der Waals surface area contributed by atoms with E-state index in [1.54, 1.807) is 12.1 Å². The molecule has 0 unspecified atom stereocenters. The van der Waals surface area contributed by atoms with Gasteiger partial charge in [-0.1, -0.05) is 11.6 Å². The van der Waals surface area contributed by atoms with Crippen LogP contribution in [-0.4, -0.2) is 30.8 Å². The molecule has 2 aromatic carbocycles. The largest absolute Gasteiger partial charge is 0.416 e. The van der Waals surface area contributed by atoms with Crippen LogP contribution in [-0.2, 0) is 12.4 Å². The average molecular weight is 578 g/mol. The van der Waals surface area contributed by atoms with E-state index >= 15 is 0 Å². The highest BCUT2D eigenvalue weighted by Crippen LogP contribution is 2.37. The van der Waals surface area contributed by atoms with Crippen LogP contribution < -0.4 is 10.6 Å². The van der Waals surface area contributed by atoms with Gasteiger partial charge in [-0.15, -0.1) is 0 Å². The van der Waals surface area contributed by atoms with Crippen molar-refractivity contribution in [1.29, 1.82) is 0 Å². The highest BCUT2D eigenvalue weighted by Gasteiger charge is 2.37. The molecule has 0 atom stereocenters. The first kappa shape index (κ1) is 26.9. The number of benzene rings is 2. The molecule has 3 heterocycles. The summed E-state index contributed by atoms with van der Waals surface area (Å²) in [4.78, 5) is 32.5. The molecule has 0 aliphatic rings. The molecular formula is C25H14ClF6N7O. The fourth-order valence-corrected chi connectivity index (χ4v) is 3.95. The summed E-state index contributed by atoms with van der Waals surface area (Å²) in [6.45, 7) is 0. The second-order valence-corrected chi connectivity index (χ2v) is 8.70. The molecule has 5 aromatic rings. The number of nitrogens with zero attached hydrogens (tertiary/aromatic N) is 4. The summed E-state index contributed by atoms with van der Waals surface area (Å²) in [6, 6.07) is 8.29. The Balaban J connectivity index is 1.46. The number of aromatic nitrogens is 5. The van der Waals surface area contributed by atoms with E-state index in [-0.39, 0.29) is 16.8 Å². The second-order valence-electron chi connectivity index (χ2n) is 8.29. The fraction of sp³-hybridized carbons (Fsp3) is 0.0800. The van der Waals surface area contributed by atoms with Gasteiger partial charge < -0.3 is 15.6 Å². The molecule has 40 heavy (non-hydrogen) atoms. The number of alkyl halides is 6. The number of amides is 1. The number of imidazole rings is 1. The number of aromatic amines is 1. The number of carbonyl (C=O) groups is 1. The Morgan fingerprint density at radius 3 is 2.30 bits per heavy atom. The number of nitrogens with one attached hydrogen (secondary N) is 3. The molecule has 3 N–H and O–H groups in total. The van der Waals surface area contributed by atoms with Crippen molar-refractivity contribution in [1.82, 2.24) is 24.9 Å². The lowest BCUT2D eigenvalue weighted by Gasteiger charge is -2.15. The van der Waals surface area contributed by atoms with Gasteiger partial charge in [-0.3, -0.25) is 4.79 Å². The van der Waals surface area contributed by atoms with E-state index in [1.807, 2.05) is 0 Å². The molecule has 5 rings (SSSR count). The first-order chi connectivity index (χ1) is 18.9. The quantitative estimate of drug-likeness (QED) is 0.192. The van der Waals surface area contributed by atoms with Crippen LogP contribution in [0.3, 0.4) is 0 Å². The third-order valence-corrected chi connectivity index (χ3v) is 5.94. The van der Waals surface area contributed by atoms with E-state index in [0.29, 0.717) is 46.1 Å². The summed E-state index contributed by atoms with van der Waals surface area (Å²) >= 11 is 6.17. The lowest BCUT2D eigenvalue weighted by atomic mass is 10.0. The number of rotatable bonds is 5. The van der Waals surface area contributed by atoms with E-state index in [2.05, 4.69) is 35.6 Å². The minimum atomic E-state index is -5.11. The molecule has 0 aliphatic heterocycles. The van der Waals surface area contributed by atoms with Crippen LogP contribution in [0.1, 0.15) is 21.5 Å². The van der Waals surface area contributed by atoms with Crippen LogP contribution in [0.15, 0.2) is 67.4 Å². The number of pyridine rings is 1. The lowest BCUT2D eigenvalue weighted by molar-refractivity contribution is -0.143. The van der Waals surface area contributed by atoms with E-state index in [9.17, 15) is 31.1 Å². The normalized spacial score (nSPS) is 12.0. The molecule has 0 saturated heterocycles. The summed E-state index contributed by atoms with van der Waals surface area (Å²) in [7, 11) is 0. The molecule has 0 aliphatic carbocycles. The number of hydrogen-bond donors (Lipinski definition) is 3. The predicted molar refractivity (Wildman–Crippen MR) is 134 cm³/mol. The van der Waals surface area contributed by atoms with Crippen LogP contribution in [0.5, 0.6) is 0 Å². The summed E-state index contributed by atoms with van der Waals surface area (Å²) in [5.74, 6) is -0.888. The first-order valence-corrected chi connectivity index (χ1v) is 11.5. The van der Waals surface area contributed by atoms with Crippen LogP contribution in [0.25, 0.3) is 22.4 Å². The van der Waals surface area contributed by atoms with Crippen molar-refractivity contribution in [3.8, 4) is 11.3 Å². The van der Waals surface area contributed by atoms with E-state index in [4.69, 9.17) is 11.6 Å². The molecule has 15 heteroatoms. The zero-order valence-corrected chi connectivity index (χ0v) is 20.4. The number of anilines is 3. The van der Waals surface area contributed by atoms with Gasteiger partial charge in [0.1, 0.15) is 23.4 Å². The molecule has 3 aromatic heterocycles. The molecular weight excluding hydrogens is 564 g/mol. The van der Waals surface area contributed by atoms with Gasteiger partial charge in [0.2, 0.25) is 0 Å². The lowest BCUT2D eigenvalue weighted by Crippen LogP contribution is -2.17. The summed E-state index contributed by atoms with van der Waals surface area (Å²) in [5.41, 5.74) is -1.78. The van der Waals surface area contributed by atoms with E-state index < -0.39 is 35.0 Å². The number of H-pyrrole nitrogens is 1. The maximum Gasteiger partial charge on any atom is 0.416 e. The minimum absolute atomic E-state index is 0.0156. The second kappa shape index (κ2) is 10.1. The standard InChI is InChI=1S/C25H14ClF6N7O/c26-17-4-3-15(38-21-16(2-1-5-33-21)19-20-22(36-10-34-19)37-11-35-20)9-18(17)39-23(40)12-6-13(24(27,28)29)8-14(7-12)25(30,31)32/h1-11H,(H,33,38)(H,39,40)(H,34,35,36,37). The minimum Gasteiger partial charge on any atom is -0.341 e. The SMILES string of the molecule is O=C(Nc1cc(Nc2ncccc2-c2ncnc3nc[nH]c23)ccc1Cl)c1cc(C(F)(F)F)cc(C(F)(F)F)c1. The van der Waals surface area contributed by atoms with Crippen molar-refractivity contribution in [3.63, 3.8) is 0 Å². The number of fused-ring (bicyclic) bond motifs is 1. The van der Waals surface area contributed by atoms with Gasteiger partial charge >= 0.3 is 12.4 Å². The fourth-order valence-electron chi connectivity index (χ4n) is 3.78. The van der Waals surface area contributed by atoms with Crippen molar-refractivity contribution in [3.05, 3.63) is 89.1 Å². The van der Waals surface area contributed by atoms with Crippen molar-refractivity contribution in [2.45, 2.75) is 12.4 Å². The number of carbonyl (C=O) groups excluding carboxylic acids is 1. The zero-order chi connectivity index (χ0) is 28.7. The molecule has 0 bridgehead atoms. The van der Waals surface area contributed by atoms with E-state index in [1.165, 1.54) is 37.1 Å². The Kier molecular flexibility index (Phi) is 6.79. The van der Waals surface area contributed by atoms with Crippen molar-refractivity contribution >= 4 is 45.9 Å². The molecule has 8 nitrogen and oxygen atoms in total. The monoisotopic (exact) mass is 577 g/mol. The van der Waals surface area contributed by atoms with Gasteiger partial charge in [0, 0.05) is 23.0 Å².